The molecule has 12 heavy (non-hydrogen) atoms. The molecule has 1 N–H and O–H groups in total. The first kappa shape index (κ1) is 8.89. The lowest BCUT2D eigenvalue weighted by Gasteiger charge is -2.04. The van der Waals surface area contributed by atoms with Gasteiger partial charge in [0, 0.05) is 19.3 Å². The van der Waals surface area contributed by atoms with Gasteiger partial charge in [-0.15, -0.1) is 0 Å². The molecule has 0 saturated carbocycles. The predicted molar refractivity (Wildman–Crippen MR) is 37.8 cm³/mol. The first-order valence-electron chi connectivity index (χ1n) is 3.29. The van der Waals surface area contributed by atoms with Crippen molar-refractivity contribution in [2.75, 3.05) is 12.4 Å². The van der Waals surface area contributed by atoms with E-state index in [-0.39, 0.29) is 0 Å². The van der Waals surface area contributed by atoms with Gasteiger partial charge in [0.25, 0.3) is 0 Å². The Hall–Kier alpha value is -1.20. The topological polar surface area (TPSA) is 29.9 Å². The summed E-state index contributed by atoms with van der Waals surface area (Å²) >= 11 is 0. The Bertz CT molecular complexity index is 253. The van der Waals surface area contributed by atoms with E-state index in [2.05, 4.69) is 10.4 Å². The van der Waals surface area contributed by atoms with Gasteiger partial charge in [-0.2, -0.15) is 18.3 Å². The first-order chi connectivity index (χ1) is 5.51. The van der Waals surface area contributed by atoms with Gasteiger partial charge in [-0.1, -0.05) is 0 Å². The molecule has 0 amide bonds. The van der Waals surface area contributed by atoms with E-state index in [0.29, 0.717) is 5.82 Å². The number of nitrogens with zero attached hydrogens (tertiary/aromatic N) is 2. The molecule has 0 unspecified atom stereocenters. The SMILES string of the molecule is CNc1ccn(CC(F)(F)F)n1. The van der Waals surface area contributed by atoms with E-state index < -0.39 is 12.7 Å². The molecule has 6 heteroatoms. The number of nitrogens with one attached hydrogen (secondary N) is 1. The summed E-state index contributed by atoms with van der Waals surface area (Å²) in [6.07, 6.45) is -2.93. The molecule has 0 aromatic carbocycles. The number of hydrogen-bond acceptors (Lipinski definition) is 2. The molecule has 3 nitrogen and oxygen atoms in total. The van der Waals surface area contributed by atoms with Crippen LogP contribution in [0.15, 0.2) is 12.3 Å². The van der Waals surface area contributed by atoms with Gasteiger partial charge < -0.3 is 5.32 Å². The lowest BCUT2D eigenvalue weighted by atomic mass is 10.6. The molecule has 0 aliphatic rings. The molecule has 0 aliphatic heterocycles. The maximum Gasteiger partial charge on any atom is 0.408 e. The maximum atomic E-state index is 11.8. The van der Waals surface area contributed by atoms with E-state index in [0.717, 1.165) is 4.68 Å². The summed E-state index contributed by atoms with van der Waals surface area (Å²) in [5, 5.41) is 6.23. The van der Waals surface area contributed by atoms with Gasteiger partial charge in [0.1, 0.15) is 12.4 Å². The van der Waals surface area contributed by atoms with Gasteiger partial charge in [0.2, 0.25) is 0 Å². The molecule has 0 fully saturated rings. The van der Waals surface area contributed by atoms with Crippen molar-refractivity contribution >= 4 is 5.82 Å². The molecule has 0 bridgehead atoms. The van der Waals surface area contributed by atoms with Gasteiger partial charge in [-0.25, -0.2) is 0 Å². The molecule has 0 spiro atoms. The third-order valence-corrected chi connectivity index (χ3v) is 1.24. The fraction of sp³-hybridized carbons (Fsp3) is 0.500. The van der Waals surface area contributed by atoms with Crippen LogP contribution in [0, 0.1) is 0 Å². The molecule has 1 aromatic rings. The van der Waals surface area contributed by atoms with Crippen LogP contribution in [0.4, 0.5) is 19.0 Å². The largest absolute Gasteiger partial charge is 0.408 e. The van der Waals surface area contributed by atoms with Crippen LogP contribution < -0.4 is 5.32 Å². The zero-order chi connectivity index (χ0) is 9.19. The van der Waals surface area contributed by atoms with Gasteiger partial charge in [-0.05, 0) is 0 Å². The van der Waals surface area contributed by atoms with Crippen LogP contribution in [0.5, 0.6) is 0 Å². The molecular weight excluding hydrogens is 171 g/mol. The third-order valence-electron chi connectivity index (χ3n) is 1.24. The highest BCUT2D eigenvalue weighted by molar-refractivity contribution is 5.30. The Morgan fingerprint density at radius 3 is 2.67 bits per heavy atom. The van der Waals surface area contributed by atoms with Gasteiger partial charge in [0.05, 0.1) is 0 Å². The molecule has 0 aliphatic carbocycles. The van der Waals surface area contributed by atoms with Crippen LogP contribution >= 0.6 is 0 Å². The van der Waals surface area contributed by atoms with Crippen molar-refractivity contribution in [1.82, 2.24) is 9.78 Å². The van der Waals surface area contributed by atoms with Gasteiger partial charge in [0.15, 0.2) is 0 Å². The van der Waals surface area contributed by atoms with E-state index in [1.54, 1.807) is 7.05 Å². The summed E-state index contributed by atoms with van der Waals surface area (Å²) in [5.74, 6) is 0.430. The summed E-state index contributed by atoms with van der Waals surface area (Å²) < 4.78 is 36.2. The number of aromatic nitrogens is 2. The third kappa shape index (κ3) is 2.44. The lowest BCUT2D eigenvalue weighted by Crippen LogP contribution is -2.18. The number of halogens is 3. The number of rotatable bonds is 2. The van der Waals surface area contributed by atoms with Crippen LogP contribution in [0.1, 0.15) is 0 Å². The summed E-state index contributed by atoms with van der Waals surface area (Å²) in [7, 11) is 1.60. The standard InChI is InChI=1S/C6H8F3N3/c1-10-5-2-3-12(11-5)4-6(7,8)9/h2-3H,4H2,1H3,(H,10,11). The highest BCUT2D eigenvalue weighted by Crippen LogP contribution is 2.17. The smallest absolute Gasteiger partial charge is 0.372 e. The normalized spacial score (nSPS) is 11.7. The first-order valence-corrected chi connectivity index (χ1v) is 3.29. The quantitative estimate of drug-likeness (QED) is 0.745. The number of alkyl halides is 3. The minimum atomic E-state index is -4.21. The lowest BCUT2D eigenvalue weighted by molar-refractivity contribution is -0.142. The van der Waals surface area contributed by atoms with E-state index in [9.17, 15) is 13.2 Å². The second kappa shape index (κ2) is 3.04. The maximum absolute atomic E-state index is 11.8. The fourth-order valence-corrected chi connectivity index (χ4v) is 0.767. The molecule has 1 heterocycles. The van der Waals surface area contributed by atoms with Crippen LogP contribution in [0.3, 0.4) is 0 Å². The van der Waals surface area contributed by atoms with E-state index >= 15 is 0 Å². The molecule has 0 saturated heterocycles. The molecule has 0 radical (unpaired) electrons. The van der Waals surface area contributed by atoms with E-state index in [1.165, 1.54) is 12.3 Å². The Balaban J connectivity index is 2.64. The van der Waals surface area contributed by atoms with Crippen LogP contribution in [0.2, 0.25) is 0 Å². The van der Waals surface area contributed by atoms with E-state index in [4.69, 9.17) is 0 Å². The number of hydrogen-bond donors (Lipinski definition) is 1. The molecule has 1 rings (SSSR count). The zero-order valence-electron chi connectivity index (χ0n) is 6.39. The van der Waals surface area contributed by atoms with Crippen molar-refractivity contribution < 1.29 is 13.2 Å². The van der Waals surface area contributed by atoms with Crippen molar-refractivity contribution in [3.05, 3.63) is 12.3 Å². The Labute approximate surface area is 67.2 Å². The van der Waals surface area contributed by atoms with Crippen molar-refractivity contribution in [2.45, 2.75) is 12.7 Å². The van der Waals surface area contributed by atoms with Crippen molar-refractivity contribution in [2.24, 2.45) is 0 Å². The monoisotopic (exact) mass is 179 g/mol. The molecule has 0 atom stereocenters. The molecule has 68 valence electrons. The minimum absolute atomic E-state index is 0.430. The Kier molecular flexibility index (Phi) is 2.25. The highest BCUT2D eigenvalue weighted by Gasteiger charge is 2.28. The van der Waals surface area contributed by atoms with Crippen LogP contribution in [-0.2, 0) is 6.54 Å². The van der Waals surface area contributed by atoms with Crippen LogP contribution in [0.25, 0.3) is 0 Å². The summed E-state index contributed by atoms with van der Waals surface area (Å²) in [5.41, 5.74) is 0. The number of anilines is 1. The molecular formula is C6H8F3N3. The van der Waals surface area contributed by atoms with E-state index in [1.807, 2.05) is 0 Å². The predicted octanol–water partition coefficient (Wildman–Crippen LogP) is 1.49. The summed E-state index contributed by atoms with van der Waals surface area (Å²) in [4.78, 5) is 0. The highest BCUT2D eigenvalue weighted by atomic mass is 19.4. The van der Waals surface area contributed by atoms with Crippen molar-refractivity contribution in [3.8, 4) is 0 Å². The van der Waals surface area contributed by atoms with Crippen molar-refractivity contribution in [1.29, 1.82) is 0 Å². The average molecular weight is 179 g/mol. The van der Waals surface area contributed by atoms with Crippen molar-refractivity contribution in [3.63, 3.8) is 0 Å². The second-order valence-corrected chi connectivity index (χ2v) is 2.26. The van der Waals surface area contributed by atoms with Crippen LogP contribution in [-0.4, -0.2) is 23.0 Å². The fourth-order valence-electron chi connectivity index (χ4n) is 0.767. The average Bonchev–Trinajstić information content (AvgIpc) is 2.32. The molecule has 1 aromatic heterocycles. The Morgan fingerprint density at radius 2 is 2.25 bits per heavy atom. The Morgan fingerprint density at radius 1 is 1.58 bits per heavy atom. The summed E-state index contributed by atoms with van der Waals surface area (Å²) in [6.45, 7) is -1.05. The zero-order valence-corrected chi connectivity index (χ0v) is 6.39. The van der Waals surface area contributed by atoms with Gasteiger partial charge in [-0.3, -0.25) is 4.68 Å². The van der Waals surface area contributed by atoms with Gasteiger partial charge >= 0.3 is 6.18 Å². The minimum Gasteiger partial charge on any atom is -0.372 e. The second-order valence-electron chi connectivity index (χ2n) is 2.26. The summed E-state index contributed by atoms with van der Waals surface area (Å²) in [6, 6.07) is 1.48.